The Bertz CT molecular complexity index is 1210. The SMILES string of the molecule is COCCNC(=O)c1cnc(-c2cnc3[nH]ccc3c2NC2C[C@@H]3CN(C(=O)[C@H](C)O)C[C@@H]3C2)s1. The molecule has 35 heavy (non-hydrogen) atoms. The van der Waals surface area contributed by atoms with Crippen LogP contribution in [0.25, 0.3) is 21.6 Å². The molecular weight excluding hydrogens is 468 g/mol. The second kappa shape index (κ2) is 9.92. The first-order valence-corrected chi connectivity index (χ1v) is 12.7. The van der Waals surface area contributed by atoms with E-state index in [9.17, 15) is 14.7 Å². The van der Waals surface area contributed by atoms with Gasteiger partial charge in [-0.25, -0.2) is 9.97 Å². The van der Waals surface area contributed by atoms with Crippen LogP contribution in [0, 0.1) is 11.8 Å². The van der Waals surface area contributed by atoms with Crippen molar-refractivity contribution in [3.05, 3.63) is 29.5 Å². The molecule has 1 unspecified atom stereocenters. The van der Waals surface area contributed by atoms with E-state index in [1.54, 1.807) is 24.4 Å². The van der Waals surface area contributed by atoms with Gasteiger partial charge in [0.2, 0.25) is 0 Å². The van der Waals surface area contributed by atoms with Gasteiger partial charge >= 0.3 is 0 Å². The van der Waals surface area contributed by atoms with E-state index in [1.807, 2.05) is 12.3 Å². The third kappa shape index (κ3) is 4.75. The number of H-pyrrole nitrogens is 1. The summed E-state index contributed by atoms with van der Waals surface area (Å²) in [5.74, 6) is 0.491. The van der Waals surface area contributed by atoms with E-state index in [0.717, 1.165) is 40.1 Å². The molecule has 1 saturated heterocycles. The Hall–Kier alpha value is -3.02. The molecule has 0 radical (unpaired) electrons. The average Bonchev–Trinajstić information content (AvgIpc) is 3.61. The normalized spacial score (nSPS) is 22.4. The summed E-state index contributed by atoms with van der Waals surface area (Å²) >= 11 is 1.34. The van der Waals surface area contributed by atoms with E-state index in [4.69, 9.17) is 4.74 Å². The predicted octanol–water partition coefficient (Wildman–Crippen LogP) is 2.09. The minimum absolute atomic E-state index is 0.170. The van der Waals surface area contributed by atoms with Crippen LogP contribution >= 0.6 is 11.3 Å². The van der Waals surface area contributed by atoms with Crippen LogP contribution in [0.1, 0.15) is 29.4 Å². The molecule has 0 spiro atoms. The van der Waals surface area contributed by atoms with Gasteiger partial charge in [0.25, 0.3) is 11.8 Å². The number of aromatic amines is 1. The number of hydrogen-bond acceptors (Lipinski definition) is 8. The summed E-state index contributed by atoms with van der Waals surface area (Å²) in [6.45, 7) is 3.82. The molecule has 2 fully saturated rings. The fourth-order valence-electron chi connectivity index (χ4n) is 5.25. The van der Waals surface area contributed by atoms with E-state index in [0.29, 0.717) is 43.0 Å². The van der Waals surface area contributed by atoms with Crippen molar-refractivity contribution < 1.29 is 19.4 Å². The van der Waals surface area contributed by atoms with Crippen LogP contribution in [0.3, 0.4) is 0 Å². The molecule has 11 heteroatoms. The second-order valence-electron chi connectivity index (χ2n) is 9.32. The Kier molecular flexibility index (Phi) is 6.72. The first-order valence-electron chi connectivity index (χ1n) is 11.9. The zero-order chi connectivity index (χ0) is 24.5. The standard InChI is InChI=1S/C24H30N6O4S/c1-13(31)24(33)30-11-14-7-16(8-15(14)12-30)29-20-17-3-4-25-21(17)27-9-18(20)23-28-10-19(35-23)22(32)26-5-6-34-2/h3-4,9-10,13-16,31H,5-8,11-12H2,1-2H3,(H,26,32)(H2,25,27,29)/t13-,14-,15+,16?/m0/s1. The molecule has 5 rings (SSSR count). The van der Waals surface area contributed by atoms with Gasteiger partial charge in [-0.3, -0.25) is 9.59 Å². The molecule has 2 aliphatic rings. The Balaban J connectivity index is 1.34. The summed E-state index contributed by atoms with van der Waals surface area (Å²) in [4.78, 5) is 39.2. The third-order valence-electron chi connectivity index (χ3n) is 6.91. The number of thiazole rings is 1. The molecule has 4 N–H and O–H groups in total. The minimum Gasteiger partial charge on any atom is -0.384 e. The van der Waals surface area contributed by atoms with Crippen molar-refractivity contribution in [2.75, 3.05) is 38.7 Å². The van der Waals surface area contributed by atoms with Crippen molar-refractivity contribution in [1.82, 2.24) is 25.2 Å². The maximum absolute atomic E-state index is 12.5. The molecule has 1 aliphatic carbocycles. The van der Waals surface area contributed by atoms with Crippen LogP contribution in [-0.4, -0.2) is 82.3 Å². The monoisotopic (exact) mass is 498 g/mol. The Labute approximate surface area is 207 Å². The summed E-state index contributed by atoms with van der Waals surface area (Å²) in [7, 11) is 1.60. The van der Waals surface area contributed by atoms with Gasteiger partial charge in [-0.15, -0.1) is 11.3 Å². The lowest BCUT2D eigenvalue weighted by molar-refractivity contribution is -0.138. The van der Waals surface area contributed by atoms with Crippen LogP contribution in [0.4, 0.5) is 5.69 Å². The number of aromatic nitrogens is 3. The van der Waals surface area contributed by atoms with Crippen molar-refractivity contribution in [3.63, 3.8) is 0 Å². The van der Waals surface area contributed by atoms with Gasteiger partial charge in [-0.2, -0.15) is 0 Å². The summed E-state index contributed by atoms with van der Waals surface area (Å²) in [5, 5.41) is 17.9. The van der Waals surface area contributed by atoms with Gasteiger partial charge in [0.15, 0.2) is 0 Å². The highest BCUT2D eigenvalue weighted by Crippen LogP contribution is 2.42. The number of hydrogen-bond donors (Lipinski definition) is 4. The molecule has 2 amide bonds. The first-order chi connectivity index (χ1) is 16.9. The summed E-state index contributed by atoms with van der Waals surface area (Å²) in [6.07, 6.45) is 6.22. The molecule has 0 bridgehead atoms. The lowest BCUT2D eigenvalue weighted by atomic mass is 10.0. The fourth-order valence-corrected chi connectivity index (χ4v) is 6.10. The fraction of sp³-hybridized carbons (Fsp3) is 0.500. The largest absolute Gasteiger partial charge is 0.384 e. The van der Waals surface area contributed by atoms with Crippen LogP contribution in [-0.2, 0) is 9.53 Å². The molecule has 186 valence electrons. The molecule has 10 nitrogen and oxygen atoms in total. The summed E-state index contributed by atoms with van der Waals surface area (Å²) < 4.78 is 4.99. The molecular formula is C24H30N6O4S. The van der Waals surface area contributed by atoms with Crippen molar-refractivity contribution in [2.45, 2.75) is 31.9 Å². The number of carbonyl (C=O) groups is 2. The van der Waals surface area contributed by atoms with E-state index >= 15 is 0 Å². The van der Waals surface area contributed by atoms with Crippen LogP contribution < -0.4 is 10.6 Å². The van der Waals surface area contributed by atoms with E-state index in [1.165, 1.54) is 18.3 Å². The molecule has 4 heterocycles. The van der Waals surface area contributed by atoms with E-state index < -0.39 is 6.10 Å². The lowest BCUT2D eigenvalue weighted by Gasteiger charge is -2.22. The van der Waals surface area contributed by atoms with Crippen molar-refractivity contribution in [1.29, 1.82) is 0 Å². The Morgan fingerprint density at radius 1 is 1.29 bits per heavy atom. The topological polar surface area (TPSA) is 132 Å². The van der Waals surface area contributed by atoms with Crippen LogP contribution in [0.15, 0.2) is 24.7 Å². The number of carbonyl (C=O) groups excluding carboxylic acids is 2. The number of ether oxygens (including phenoxy) is 1. The quantitative estimate of drug-likeness (QED) is 0.350. The van der Waals surface area contributed by atoms with Gasteiger partial charge in [0, 0.05) is 50.6 Å². The molecule has 0 aromatic carbocycles. The summed E-state index contributed by atoms with van der Waals surface area (Å²) in [5.41, 5.74) is 2.61. The highest BCUT2D eigenvalue weighted by molar-refractivity contribution is 7.17. The highest BCUT2D eigenvalue weighted by atomic mass is 32.1. The van der Waals surface area contributed by atoms with Crippen molar-refractivity contribution >= 4 is 39.9 Å². The number of methoxy groups -OCH3 is 1. The van der Waals surface area contributed by atoms with Gasteiger partial charge < -0.3 is 30.4 Å². The number of aliphatic hydroxyl groups excluding tert-OH is 1. The number of nitrogens with one attached hydrogen (secondary N) is 3. The van der Waals surface area contributed by atoms with Crippen molar-refractivity contribution in [3.8, 4) is 10.6 Å². The molecule has 1 aliphatic heterocycles. The maximum atomic E-state index is 12.5. The smallest absolute Gasteiger partial charge is 0.263 e. The van der Waals surface area contributed by atoms with E-state index in [-0.39, 0.29) is 17.9 Å². The molecule has 3 aromatic heterocycles. The second-order valence-corrected chi connectivity index (χ2v) is 10.3. The predicted molar refractivity (Wildman–Crippen MR) is 133 cm³/mol. The number of anilines is 1. The van der Waals surface area contributed by atoms with Crippen molar-refractivity contribution in [2.24, 2.45) is 11.8 Å². The van der Waals surface area contributed by atoms with Gasteiger partial charge in [-0.1, -0.05) is 0 Å². The Morgan fingerprint density at radius 3 is 2.77 bits per heavy atom. The third-order valence-corrected chi connectivity index (χ3v) is 7.94. The number of pyridine rings is 1. The molecule has 4 atom stereocenters. The zero-order valence-electron chi connectivity index (χ0n) is 19.8. The minimum atomic E-state index is -0.950. The number of nitrogens with zero attached hydrogens (tertiary/aromatic N) is 3. The number of rotatable bonds is 8. The van der Waals surface area contributed by atoms with Gasteiger partial charge in [-0.05, 0) is 37.7 Å². The first kappa shape index (κ1) is 23.7. The number of amides is 2. The Morgan fingerprint density at radius 2 is 2.06 bits per heavy atom. The lowest BCUT2D eigenvalue weighted by Crippen LogP contribution is -2.37. The summed E-state index contributed by atoms with van der Waals surface area (Å²) in [6, 6.07) is 2.25. The van der Waals surface area contributed by atoms with Gasteiger partial charge in [0.05, 0.1) is 24.1 Å². The maximum Gasteiger partial charge on any atom is 0.263 e. The number of aliphatic hydroxyl groups is 1. The highest BCUT2D eigenvalue weighted by Gasteiger charge is 2.43. The zero-order valence-corrected chi connectivity index (χ0v) is 20.6. The molecule has 1 saturated carbocycles. The van der Waals surface area contributed by atoms with Crippen LogP contribution in [0.5, 0.6) is 0 Å². The molecule has 3 aromatic rings. The number of fused-ring (bicyclic) bond motifs is 2. The number of likely N-dealkylation sites (tertiary alicyclic amines) is 1. The van der Waals surface area contributed by atoms with Crippen LogP contribution in [0.2, 0.25) is 0 Å². The van der Waals surface area contributed by atoms with E-state index in [2.05, 4.69) is 25.6 Å². The average molecular weight is 499 g/mol. The van der Waals surface area contributed by atoms with Gasteiger partial charge in [0.1, 0.15) is 21.6 Å².